The van der Waals surface area contributed by atoms with Crippen molar-refractivity contribution in [2.45, 2.75) is 19.3 Å². The van der Waals surface area contributed by atoms with E-state index in [0.29, 0.717) is 0 Å². The number of thiophene rings is 1. The molecule has 0 fully saturated rings. The molecule has 1 aromatic heterocycles. The molecule has 12 rings (SSSR count). The van der Waals surface area contributed by atoms with Gasteiger partial charge in [0.1, 0.15) is 0 Å². The highest BCUT2D eigenvalue weighted by Gasteiger charge is 2.48. The number of anilines is 3. The number of hydrogen-bond acceptors (Lipinski definition) is 2. The maximum atomic E-state index is 2.49. The van der Waals surface area contributed by atoms with Crippen LogP contribution in [-0.2, 0) is 5.41 Å². The summed E-state index contributed by atoms with van der Waals surface area (Å²) in [7, 11) is -2.59. The number of benzene rings is 9. The number of rotatable bonds is 6. The van der Waals surface area contributed by atoms with E-state index in [1.807, 2.05) is 11.3 Å². The molecule has 0 N–H and O–H groups in total. The van der Waals surface area contributed by atoms with Crippen molar-refractivity contribution in [3.8, 4) is 33.4 Å². The van der Waals surface area contributed by atoms with E-state index >= 15 is 0 Å². The fraction of sp³-hybridized carbons (Fsp3) is 0.0526. The van der Waals surface area contributed by atoms with Crippen LogP contribution in [0.3, 0.4) is 0 Å². The van der Waals surface area contributed by atoms with Gasteiger partial charge >= 0.3 is 0 Å². The molecule has 3 heteroatoms. The minimum atomic E-state index is -2.59. The standard InChI is InChI=1S/C57H41NSSi/c1-57(2)51-23-10-6-19-45(51)46-33-31-41(36-52(46)57)58(42-32-34-48-47-20-7-11-24-53(47)59-54(48)37-42)40-29-27-38(28-30-40)39-15-14-18-44(35-39)60(43-16-4-3-5-17-43)55-25-12-8-21-49(55)50-22-9-13-26-56(50)60/h3-37H,1-2H3. The summed E-state index contributed by atoms with van der Waals surface area (Å²) < 4.78 is 2.62. The summed E-state index contributed by atoms with van der Waals surface area (Å²) in [6.07, 6.45) is 0. The maximum absolute atomic E-state index is 2.59. The second kappa shape index (κ2) is 13.4. The van der Waals surface area contributed by atoms with E-state index in [9.17, 15) is 0 Å². The van der Waals surface area contributed by atoms with Crippen LogP contribution in [0, 0.1) is 0 Å². The number of hydrogen-bond donors (Lipinski definition) is 0. The normalized spacial score (nSPS) is 14.1. The Morgan fingerprint density at radius 3 is 1.75 bits per heavy atom. The van der Waals surface area contributed by atoms with E-state index in [0.717, 1.165) is 11.4 Å². The summed E-state index contributed by atoms with van der Waals surface area (Å²) in [5, 5.41) is 8.40. The molecule has 1 aliphatic carbocycles. The van der Waals surface area contributed by atoms with Gasteiger partial charge in [-0.25, -0.2) is 0 Å². The van der Waals surface area contributed by atoms with Crippen molar-refractivity contribution in [2.24, 2.45) is 0 Å². The van der Waals surface area contributed by atoms with Gasteiger partial charge in [-0.05, 0) is 108 Å². The van der Waals surface area contributed by atoms with Gasteiger partial charge in [-0.15, -0.1) is 11.3 Å². The van der Waals surface area contributed by atoms with Crippen LogP contribution in [0.1, 0.15) is 25.0 Å². The predicted octanol–water partition coefficient (Wildman–Crippen LogP) is 12.9. The third-order valence-electron chi connectivity index (χ3n) is 13.4. The first-order chi connectivity index (χ1) is 29.5. The molecule has 1 nitrogen and oxygen atoms in total. The van der Waals surface area contributed by atoms with E-state index in [1.54, 1.807) is 0 Å². The van der Waals surface area contributed by atoms with Crippen LogP contribution in [0.25, 0.3) is 53.6 Å². The summed E-state index contributed by atoms with van der Waals surface area (Å²) in [6.45, 7) is 4.73. The van der Waals surface area contributed by atoms with Crippen LogP contribution in [0.2, 0.25) is 0 Å². The molecule has 0 atom stereocenters. The molecule has 284 valence electrons. The van der Waals surface area contributed by atoms with Crippen molar-refractivity contribution in [3.05, 3.63) is 223 Å². The van der Waals surface area contributed by atoms with E-state index in [4.69, 9.17) is 0 Å². The highest BCUT2D eigenvalue weighted by Crippen LogP contribution is 2.51. The molecule has 0 amide bonds. The van der Waals surface area contributed by atoms with Crippen LogP contribution in [0.4, 0.5) is 17.1 Å². The summed E-state index contributed by atoms with van der Waals surface area (Å²) in [5.74, 6) is 0. The Morgan fingerprint density at radius 2 is 0.967 bits per heavy atom. The molecule has 9 aromatic carbocycles. The van der Waals surface area contributed by atoms with Gasteiger partial charge in [-0.2, -0.15) is 0 Å². The molecule has 10 aromatic rings. The zero-order valence-electron chi connectivity index (χ0n) is 33.6. The van der Waals surface area contributed by atoms with Crippen LogP contribution >= 0.6 is 11.3 Å². The highest BCUT2D eigenvalue weighted by molar-refractivity contribution is 7.26. The molecular formula is C57H41NSSi. The van der Waals surface area contributed by atoms with Gasteiger partial charge in [0, 0.05) is 42.6 Å². The predicted molar refractivity (Wildman–Crippen MR) is 260 cm³/mol. The van der Waals surface area contributed by atoms with Crippen molar-refractivity contribution in [1.29, 1.82) is 0 Å². The third-order valence-corrected chi connectivity index (χ3v) is 19.4. The Hall–Kier alpha value is -6.78. The second-order valence-corrected chi connectivity index (χ2v) is 21.7. The first-order valence-corrected chi connectivity index (χ1v) is 23.7. The molecular weight excluding hydrogens is 759 g/mol. The average molecular weight is 800 g/mol. The van der Waals surface area contributed by atoms with E-state index in [2.05, 4.69) is 231 Å². The first kappa shape index (κ1) is 35.2. The third kappa shape index (κ3) is 5.09. The van der Waals surface area contributed by atoms with Crippen molar-refractivity contribution in [3.63, 3.8) is 0 Å². The van der Waals surface area contributed by atoms with E-state index < -0.39 is 8.07 Å². The lowest BCUT2D eigenvalue weighted by molar-refractivity contribution is 0.660. The van der Waals surface area contributed by atoms with Crippen LogP contribution in [0.15, 0.2) is 212 Å². The van der Waals surface area contributed by atoms with Crippen LogP contribution < -0.4 is 25.6 Å². The molecule has 0 spiro atoms. The average Bonchev–Trinajstić information content (AvgIpc) is 3.91. The van der Waals surface area contributed by atoms with Crippen molar-refractivity contribution >= 4 is 77.4 Å². The molecule has 0 unspecified atom stereocenters. The van der Waals surface area contributed by atoms with Gasteiger partial charge in [-0.3, -0.25) is 0 Å². The van der Waals surface area contributed by atoms with Crippen LogP contribution in [-0.4, -0.2) is 8.07 Å². The molecule has 60 heavy (non-hydrogen) atoms. The minimum Gasteiger partial charge on any atom is -0.310 e. The van der Waals surface area contributed by atoms with E-state index in [1.165, 1.54) is 91.1 Å². The van der Waals surface area contributed by atoms with Gasteiger partial charge in [-0.1, -0.05) is 184 Å². The van der Waals surface area contributed by atoms with Crippen molar-refractivity contribution in [1.82, 2.24) is 0 Å². The maximum Gasteiger partial charge on any atom is 0.180 e. The zero-order valence-corrected chi connectivity index (χ0v) is 35.4. The fourth-order valence-corrected chi connectivity index (χ4v) is 16.9. The van der Waals surface area contributed by atoms with Crippen molar-refractivity contribution < 1.29 is 0 Å². The molecule has 0 radical (unpaired) electrons. The summed E-state index contributed by atoms with van der Waals surface area (Å²) in [5.41, 5.74) is 14.0. The molecule has 2 heterocycles. The Kier molecular flexibility index (Phi) is 7.84. The van der Waals surface area contributed by atoms with Gasteiger partial charge in [0.15, 0.2) is 8.07 Å². The molecule has 0 saturated carbocycles. The summed E-state index contributed by atoms with van der Waals surface area (Å²) >= 11 is 1.87. The monoisotopic (exact) mass is 799 g/mol. The van der Waals surface area contributed by atoms with Crippen molar-refractivity contribution in [2.75, 3.05) is 4.90 Å². The van der Waals surface area contributed by atoms with E-state index in [-0.39, 0.29) is 5.41 Å². The lowest BCUT2D eigenvalue weighted by Crippen LogP contribution is -2.72. The number of fused-ring (bicyclic) bond motifs is 9. The Labute approximate surface area is 356 Å². The molecule has 1 aliphatic heterocycles. The summed E-state index contributed by atoms with van der Waals surface area (Å²) in [6, 6.07) is 80.0. The quantitative estimate of drug-likeness (QED) is 0.151. The molecule has 2 aliphatic rings. The Morgan fingerprint density at radius 1 is 0.383 bits per heavy atom. The summed E-state index contributed by atoms with van der Waals surface area (Å²) in [4.78, 5) is 2.45. The van der Waals surface area contributed by atoms with Gasteiger partial charge < -0.3 is 4.90 Å². The molecule has 0 bridgehead atoms. The second-order valence-electron chi connectivity index (χ2n) is 16.8. The SMILES string of the molecule is CC1(C)c2ccccc2-c2ccc(N(c3ccc(-c4cccc([Si]5(c6ccccc6)c6ccccc6-c6ccccc65)c4)cc3)c3ccc4c(c3)sc3ccccc34)cc21. The van der Waals surface area contributed by atoms with Gasteiger partial charge in [0.25, 0.3) is 0 Å². The molecule has 0 saturated heterocycles. The topological polar surface area (TPSA) is 3.24 Å². The minimum absolute atomic E-state index is 0.0985. The van der Waals surface area contributed by atoms with Gasteiger partial charge in [0.2, 0.25) is 0 Å². The Bertz CT molecular complexity index is 3260. The lowest BCUT2D eigenvalue weighted by Gasteiger charge is -2.31. The van der Waals surface area contributed by atoms with Gasteiger partial charge in [0.05, 0.1) is 0 Å². The zero-order chi connectivity index (χ0) is 40.0. The first-order valence-electron chi connectivity index (χ1n) is 20.9. The highest BCUT2D eigenvalue weighted by atomic mass is 32.1. The fourth-order valence-electron chi connectivity index (χ4n) is 10.6. The lowest BCUT2D eigenvalue weighted by atomic mass is 9.82. The largest absolute Gasteiger partial charge is 0.310 e. The Balaban J connectivity index is 0.994. The smallest absolute Gasteiger partial charge is 0.180 e. The van der Waals surface area contributed by atoms with Crippen LogP contribution in [0.5, 0.6) is 0 Å². The number of nitrogens with zero attached hydrogens (tertiary/aromatic N) is 1.